The van der Waals surface area contributed by atoms with Crippen LogP contribution in [0.1, 0.15) is 32.4 Å². The van der Waals surface area contributed by atoms with Crippen LogP contribution < -0.4 is 14.8 Å². The van der Waals surface area contributed by atoms with Crippen molar-refractivity contribution < 1.29 is 19.0 Å². The number of hydrogen-bond donors (Lipinski definition) is 1. The fourth-order valence-corrected chi connectivity index (χ4v) is 3.41. The average molecular weight is 455 g/mol. The van der Waals surface area contributed by atoms with Crippen molar-refractivity contribution in [2.24, 2.45) is 5.92 Å². The highest BCUT2D eigenvalue weighted by atomic mass is 35.5. The fourth-order valence-electron chi connectivity index (χ4n) is 3.02. The van der Waals surface area contributed by atoms with E-state index in [1.165, 1.54) is 13.3 Å². The van der Waals surface area contributed by atoms with Gasteiger partial charge in [-0.15, -0.1) is 0 Å². The highest BCUT2D eigenvalue weighted by Crippen LogP contribution is 2.34. The molecular weight excluding hydrogens is 431 g/mol. The summed E-state index contributed by atoms with van der Waals surface area (Å²) in [5, 5.41) is 3.60. The lowest BCUT2D eigenvalue weighted by Crippen LogP contribution is -2.40. The van der Waals surface area contributed by atoms with Crippen LogP contribution in [0.3, 0.4) is 0 Å². The van der Waals surface area contributed by atoms with Crippen LogP contribution in [0.5, 0.6) is 11.8 Å². The molecule has 3 rings (SSSR count). The zero-order valence-corrected chi connectivity index (χ0v) is 18.3. The third kappa shape index (κ3) is 6.68. The molecule has 1 fully saturated rings. The molecule has 1 aliphatic rings. The minimum Gasteiger partial charge on any atom is -0.476 e. The predicted octanol–water partition coefficient (Wildman–Crippen LogP) is 3.46. The number of ether oxygens (including phenoxy) is 3. The van der Waals surface area contributed by atoms with E-state index in [-0.39, 0.29) is 41.4 Å². The molecule has 1 amide bonds. The van der Waals surface area contributed by atoms with Gasteiger partial charge < -0.3 is 19.5 Å². The molecule has 2 aromatic heterocycles. The summed E-state index contributed by atoms with van der Waals surface area (Å²) < 4.78 is 17.2. The number of halogens is 2. The smallest absolute Gasteiger partial charge is 0.240 e. The predicted molar refractivity (Wildman–Crippen MR) is 112 cm³/mol. The average Bonchev–Trinajstić information content (AvgIpc) is 2.66. The second-order valence-electron chi connectivity index (χ2n) is 7.26. The maximum absolute atomic E-state index is 11.0. The third-order valence-corrected chi connectivity index (χ3v) is 5.10. The monoisotopic (exact) mass is 454 g/mol. The molecule has 10 heteroatoms. The molecule has 0 saturated heterocycles. The molecule has 0 aromatic carbocycles. The van der Waals surface area contributed by atoms with Crippen LogP contribution in [0.2, 0.25) is 10.0 Å². The van der Waals surface area contributed by atoms with E-state index in [0.717, 1.165) is 12.8 Å². The van der Waals surface area contributed by atoms with E-state index in [1.807, 2.05) is 6.92 Å². The summed E-state index contributed by atoms with van der Waals surface area (Å²) in [6.07, 6.45) is 4.91. The Bertz CT molecular complexity index is 864. The Morgan fingerprint density at radius 3 is 2.67 bits per heavy atom. The fraction of sp³-hybridized carbons (Fsp3) is 0.500. The SMILES string of the molecule is CC(=O)N[C@@H](C)COC1CC(COc2ncnc(OCc3cc(Cl)ccn3)c2Cl)C1. The highest BCUT2D eigenvalue weighted by molar-refractivity contribution is 6.33. The molecule has 1 aliphatic carbocycles. The topological polar surface area (TPSA) is 95.5 Å². The summed E-state index contributed by atoms with van der Waals surface area (Å²) in [6, 6.07) is 3.40. The van der Waals surface area contributed by atoms with Crippen molar-refractivity contribution in [3.63, 3.8) is 0 Å². The molecular formula is C20H24Cl2N4O4. The molecule has 30 heavy (non-hydrogen) atoms. The first-order valence-electron chi connectivity index (χ1n) is 9.66. The maximum Gasteiger partial charge on any atom is 0.240 e. The van der Waals surface area contributed by atoms with E-state index < -0.39 is 0 Å². The second kappa shape index (κ2) is 10.7. The Morgan fingerprint density at radius 2 is 1.97 bits per heavy atom. The number of carbonyl (C=O) groups is 1. The van der Waals surface area contributed by atoms with E-state index >= 15 is 0 Å². The molecule has 0 bridgehead atoms. The molecule has 0 spiro atoms. The molecule has 0 aliphatic heterocycles. The largest absolute Gasteiger partial charge is 0.476 e. The molecule has 162 valence electrons. The van der Waals surface area contributed by atoms with E-state index in [1.54, 1.807) is 18.3 Å². The first-order chi connectivity index (χ1) is 14.4. The number of amides is 1. The molecule has 1 N–H and O–H groups in total. The lowest BCUT2D eigenvalue weighted by molar-refractivity contribution is -0.120. The number of rotatable bonds is 10. The van der Waals surface area contributed by atoms with Gasteiger partial charge in [-0.3, -0.25) is 9.78 Å². The number of nitrogens with one attached hydrogen (secondary N) is 1. The van der Waals surface area contributed by atoms with Crippen molar-refractivity contribution >= 4 is 29.1 Å². The van der Waals surface area contributed by atoms with Crippen LogP contribution in [0, 0.1) is 5.92 Å². The van der Waals surface area contributed by atoms with E-state index in [9.17, 15) is 4.79 Å². The highest BCUT2D eigenvalue weighted by Gasteiger charge is 2.31. The van der Waals surface area contributed by atoms with Crippen molar-refractivity contribution in [3.8, 4) is 11.8 Å². The van der Waals surface area contributed by atoms with Gasteiger partial charge in [0, 0.05) is 24.2 Å². The van der Waals surface area contributed by atoms with Gasteiger partial charge in [0.2, 0.25) is 17.7 Å². The van der Waals surface area contributed by atoms with Crippen LogP contribution in [0.4, 0.5) is 0 Å². The van der Waals surface area contributed by atoms with Gasteiger partial charge in [-0.2, -0.15) is 0 Å². The second-order valence-corrected chi connectivity index (χ2v) is 8.07. The standard InChI is InChI=1S/C20H24Cl2N4O4/c1-12(26-13(2)27)8-28-17-5-14(6-17)9-29-19-18(22)20(25-11-24-19)30-10-16-7-15(21)3-4-23-16/h3-4,7,11-12,14,17H,5-6,8-10H2,1-2H3,(H,26,27)/t12-,14?,17?/m0/s1. The molecule has 0 radical (unpaired) electrons. The Balaban J connectivity index is 1.41. The maximum atomic E-state index is 11.0. The van der Waals surface area contributed by atoms with Crippen molar-refractivity contribution in [3.05, 3.63) is 40.4 Å². The number of pyridine rings is 1. The number of carbonyl (C=O) groups excluding carboxylic acids is 1. The number of hydrogen-bond acceptors (Lipinski definition) is 7. The first-order valence-corrected chi connectivity index (χ1v) is 10.4. The zero-order valence-electron chi connectivity index (χ0n) is 16.8. The van der Waals surface area contributed by atoms with Crippen LogP contribution in [0.15, 0.2) is 24.7 Å². The van der Waals surface area contributed by atoms with Crippen LogP contribution in [-0.2, 0) is 16.1 Å². The van der Waals surface area contributed by atoms with Gasteiger partial charge in [0.25, 0.3) is 0 Å². The van der Waals surface area contributed by atoms with Crippen molar-refractivity contribution in [2.75, 3.05) is 13.2 Å². The molecule has 2 aromatic rings. The molecule has 1 saturated carbocycles. The summed E-state index contributed by atoms with van der Waals surface area (Å²) >= 11 is 12.3. The Labute approximate surface area is 185 Å². The summed E-state index contributed by atoms with van der Waals surface area (Å²) in [5.74, 6) is 0.812. The Hall–Kier alpha value is -2.16. The molecule has 2 heterocycles. The zero-order chi connectivity index (χ0) is 21.5. The summed E-state index contributed by atoms with van der Waals surface area (Å²) in [7, 11) is 0. The summed E-state index contributed by atoms with van der Waals surface area (Å²) in [4.78, 5) is 23.3. The van der Waals surface area contributed by atoms with Gasteiger partial charge in [0.15, 0.2) is 5.02 Å². The van der Waals surface area contributed by atoms with Crippen LogP contribution >= 0.6 is 23.2 Å². The minimum absolute atomic E-state index is 0.00171. The normalized spacial score (nSPS) is 18.9. The lowest BCUT2D eigenvalue weighted by atomic mass is 9.83. The van der Waals surface area contributed by atoms with Gasteiger partial charge >= 0.3 is 0 Å². The van der Waals surface area contributed by atoms with E-state index in [2.05, 4.69) is 20.3 Å². The molecule has 8 nitrogen and oxygen atoms in total. The van der Waals surface area contributed by atoms with Crippen molar-refractivity contribution in [2.45, 2.75) is 45.4 Å². The molecule has 1 atom stereocenters. The van der Waals surface area contributed by atoms with Gasteiger partial charge in [-0.05, 0) is 37.8 Å². The minimum atomic E-state index is -0.0557. The van der Waals surface area contributed by atoms with Crippen molar-refractivity contribution in [1.29, 1.82) is 0 Å². The van der Waals surface area contributed by atoms with Crippen LogP contribution in [-0.4, -0.2) is 46.2 Å². The lowest BCUT2D eigenvalue weighted by Gasteiger charge is -2.35. The third-order valence-electron chi connectivity index (χ3n) is 4.54. The summed E-state index contributed by atoms with van der Waals surface area (Å²) in [6.45, 7) is 4.57. The number of aromatic nitrogens is 3. The van der Waals surface area contributed by atoms with Gasteiger partial charge in [-0.25, -0.2) is 9.97 Å². The van der Waals surface area contributed by atoms with Gasteiger partial charge in [-0.1, -0.05) is 23.2 Å². The Morgan fingerprint density at radius 1 is 1.23 bits per heavy atom. The van der Waals surface area contributed by atoms with E-state index in [4.69, 9.17) is 37.4 Å². The van der Waals surface area contributed by atoms with Crippen LogP contribution in [0.25, 0.3) is 0 Å². The molecule has 0 unspecified atom stereocenters. The Kier molecular flexibility index (Phi) is 8.07. The van der Waals surface area contributed by atoms with Gasteiger partial charge in [0.1, 0.15) is 12.9 Å². The van der Waals surface area contributed by atoms with Gasteiger partial charge in [0.05, 0.1) is 25.0 Å². The number of nitrogens with zero attached hydrogens (tertiary/aromatic N) is 3. The van der Waals surface area contributed by atoms with Crippen molar-refractivity contribution in [1.82, 2.24) is 20.3 Å². The quantitative estimate of drug-likeness (QED) is 0.586. The first kappa shape index (κ1) is 22.5. The summed E-state index contributed by atoms with van der Waals surface area (Å²) in [5.41, 5.74) is 0.660. The van der Waals surface area contributed by atoms with E-state index in [0.29, 0.717) is 29.8 Å².